The lowest BCUT2D eigenvalue weighted by atomic mass is 10.4. The van der Waals surface area contributed by atoms with E-state index in [4.69, 9.17) is 0 Å². The number of nitrogens with zero attached hydrogens (tertiary/aromatic N) is 3. The quantitative estimate of drug-likeness (QED) is 0.796. The largest absolute Gasteiger partial charge is 0.320 e. The second kappa shape index (κ2) is 10.4. The first kappa shape index (κ1) is 19.7. The molecule has 3 aliphatic rings. The first-order valence-corrected chi connectivity index (χ1v) is 8.29. The van der Waals surface area contributed by atoms with Crippen molar-refractivity contribution in [1.29, 1.82) is 0 Å². The van der Waals surface area contributed by atoms with Gasteiger partial charge in [-0.05, 0) is 37.9 Å². The molecule has 3 fully saturated rings. The third-order valence-electron chi connectivity index (χ3n) is 3.99. The topological polar surface area (TPSA) is 60.9 Å². The van der Waals surface area contributed by atoms with Crippen molar-refractivity contribution in [1.82, 2.24) is 14.7 Å². The van der Waals surface area contributed by atoms with E-state index < -0.39 is 0 Å². The van der Waals surface area contributed by atoms with Crippen LogP contribution in [0.3, 0.4) is 0 Å². The Morgan fingerprint density at radius 1 is 0.583 bits per heavy atom. The van der Waals surface area contributed by atoms with E-state index >= 15 is 0 Å². The molecule has 3 aliphatic heterocycles. The van der Waals surface area contributed by atoms with Crippen molar-refractivity contribution in [3.05, 3.63) is 38.3 Å². The van der Waals surface area contributed by atoms with Crippen LogP contribution in [0.15, 0.2) is 38.3 Å². The molecule has 0 unspecified atom stereocenters. The van der Waals surface area contributed by atoms with Crippen molar-refractivity contribution in [2.45, 2.75) is 38.5 Å². The van der Waals surface area contributed by atoms with Crippen LogP contribution in [0.1, 0.15) is 38.5 Å². The van der Waals surface area contributed by atoms with Crippen LogP contribution in [0.4, 0.5) is 0 Å². The number of likely N-dealkylation sites (tertiary alicyclic amines) is 3. The molecule has 0 aromatic heterocycles. The molecule has 0 saturated carbocycles. The van der Waals surface area contributed by atoms with Crippen molar-refractivity contribution in [3.8, 4) is 0 Å². The number of hydrogen-bond donors (Lipinski definition) is 0. The van der Waals surface area contributed by atoms with Gasteiger partial charge in [0.1, 0.15) is 0 Å². The SMILES string of the molecule is C=CN1CCCC1=O.C=CN1CCCC1=O.C=CN1CCCC1=O. The van der Waals surface area contributed by atoms with E-state index in [1.165, 1.54) is 0 Å². The predicted molar refractivity (Wildman–Crippen MR) is 93.4 cm³/mol. The maximum atomic E-state index is 10.7. The van der Waals surface area contributed by atoms with Crippen LogP contribution in [0.25, 0.3) is 0 Å². The van der Waals surface area contributed by atoms with E-state index in [1.807, 2.05) is 0 Å². The maximum absolute atomic E-state index is 10.7. The van der Waals surface area contributed by atoms with E-state index in [1.54, 1.807) is 33.3 Å². The molecule has 6 heteroatoms. The Labute approximate surface area is 144 Å². The van der Waals surface area contributed by atoms with Crippen LogP contribution in [0, 0.1) is 0 Å². The predicted octanol–water partition coefficient (Wildman–Crippen LogP) is 2.26. The van der Waals surface area contributed by atoms with Gasteiger partial charge >= 0.3 is 0 Å². The highest BCUT2D eigenvalue weighted by atomic mass is 16.2. The number of amides is 3. The lowest BCUT2D eigenvalue weighted by molar-refractivity contribution is -0.126. The maximum Gasteiger partial charge on any atom is 0.226 e. The van der Waals surface area contributed by atoms with Crippen molar-refractivity contribution in [3.63, 3.8) is 0 Å². The molecule has 0 aromatic rings. The molecule has 3 saturated heterocycles. The summed E-state index contributed by atoms with van der Waals surface area (Å²) < 4.78 is 0. The Kier molecular flexibility index (Phi) is 8.54. The fourth-order valence-corrected chi connectivity index (χ4v) is 2.59. The Hall–Kier alpha value is -2.37. The summed E-state index contributed by atoms with van der Waals surface area (Å²) >= 11 is 0. The lowest BCUT2D eigenvalue weighted by Gasteiger charge is -2.05. The summed E-state index contributed by atoms with van der Waals surface area (Å²) in [5.41, 5.74) is 0. The van der Waals surface area contributed by atoms with Gasteiger partial charge in [-0.2, -0.15) is 0 Å². The van der Waals surface area contributed by atoms with E-state index in [-0.39, 0.29) is 17.7 Å². The molecule has 24 heavy (non-hydrogen) atoms. The van der Waals surface area contributed by atoms with Gasteiger partial charge in [0.15, 0.2) is 0 Å². The molecule has 3 heterocycles. The molecule has 0 spiro atoms. The second-order valence-electron chi connectivity index (χ2n) is 5.62. The second-order valence-corrected chi connectivity index (χ2v) is 5.62. The average molecular weight is 333 g/mol. The minimum absolute atomic E-state index is 0.208. The van der Waals surface area contributed by atoms with E-state index in [0.717, 1.165) is 38.9 Å². The third kappa shape index (κ3) is 6.02. The highest BCUT2D eigenvalue weighted by molar-refractivity contribution is 5.79. The van der Waals surface area contributed by atoms with Crippen LogP contribution in [-0.4, -0.2) is 52.1 Å². The summed E-state index contributed by atoms with van der Waals surface area (Å²) in [5.74, 6) is 0.625. The summed E-state index contributed by atoms with van der Waals surface area (Å²) in [6.07, 6.45) is 9.85. The summed E-state index contributed by atoms with van der Waals surface area (Å²) in [7, 11) is 0. The molecule has 0 aromatic carbocycles. The van der Waals surface area contributed by atoms with E-state index in [9.17, 15) is 14.4 Å². The van der Waals surface area contributed by atoms with Gasteiger partial charge < -0.3 is 14.7 Å². The summed E-state index contributed by atoms with van der Waals surface area (Å²) in [5, 5.41) is 0. The fourth-order valence-electron chi connectivity index (χ4n) is 2.59. The Morgan fingerprint density at radius 3 is 0.917 bits per heavy atom. The van der Waals surface area contributed by atoms with Gasteiger partial charge in [0.05, 0.1) is 0 Å². The van der Waals surface area contributed by atoms with Crippen molar-refractivity contribution < 1.29 is 14.4 Å². The monoisotopic (exact) mass is 333 g/mol. The van der Waals surface area contributed by atoms with Gasteiger partial charge in [-0.25, -0.2) is 0 Å². The molecule has 3 amide bonds. The molecule has 6 nitrogen and oxygen atoms in total. The summed E-state index contributed by atoms with van der Waals surface area (Å²) in [6, 6.07) is 0. The Balaban J connectivity index is 0.000000180. The minimum Gasteiger partial charge on any atom is -0.320 e. The number of hydrogen-bond acceptors (Lipinski definition) is 3. The summed E-state index contributed by atoms with van der Waals surface area (Å²) in [6.45, 7) is 13.1. The highest BCUT2D eigenvalue weighted by Crippen LogP contribution is 2.09. The normalized spacial score (nSPS) is 19.5. The van der Waals surface area contributed by atoms with Crippen LogP contribution in [0.2, 0.25) is 0 Å². The smallest absolute Gasteiger partial charge is 0.226 e. The third-order valence-corrected chi connectivity index (χ3v) is 3.99. The number of rotatable bonds is 3. The standard InChI is InChI=1S/3C6H9NO/c3*1-2-7-5-3-4-6(7)8/h3*2H,1,3-5H2. The summed E-state index contributed by atoms with van der Waals surface area (Å²) in [4.78, 5) is 36.9. The van der Waals surface area contributed by atoms with Crippen molar-refractivity contribution in [2.75, 3.05) is 19.6 Å². The molecule has 0 radical (unpaired) electrons. The molecular formula is C18H27N3O3. The van der Waals surface area contributed by atoms with Gasteiger partial charge in [-0.3, -0.25) is 14.4 Å². The highest BCUT2D eigenvalue weighted by Gasteiger charge is 2.17. The first-order chi connectivity index (χ1) is 11.5. The molecular weight excluding hydrogens is 306 g/mol. The number of carbonyl (C=O) groups is 3. The van der Waals surface area contributed by atoms with E-state index in [2.05, 4.69) is 19.7 Å². The van der Waals surface area contributed by atoms with Crippen LogP contribution >= 0.6 is 0 Å². The number of carbonyl (C=O) groups excluding carboxylic acids is 3. The zero-order chi connectivity index (χ0) is 17.9. The van der Waals surface area contributed by atoms with Gasteiger partial charge in [0, 0.05) is 38.9 Å². The van der Waals surface area contributed by atoms with Crippen LogP contribution in [-0.2, 0) is 14.4 Å². The van der Waals surface area contributed by atoms with Crippen LogP contribution < -0.4 is 0 Å². The van der Waals surface area contributed by atoms with E-state index in [0.29, 0.717) is 19.3 Å². The molecule has 0 atom stereocenters. The Morgan fingerprint density at radius 2 is 0.833 bits per heavy atom. The zero-order valence-corrected chi connectivity index (χ0v) is 14.3. The van der Waals surface area contributed by atoms with Crippen molar-refractivity contribution >= 4 is 17.7 Å². The molecule has 0 bridgehead atoms. The van der Waals surface area contributed by atoms with Gasteiger partial charge in [-0.1, -0.05) is 19.7 Å². The van der Waals surface area contributed by atoms with Gasteiger partial charge in [-0.15, -0.1) is 0 Å². The Bertz CT molecular complexity index is 430. The molecule has 3 rings (SSSR count). The first-order valence-electron chi connectivity index (χ1n) is 8.29. The molecule has 132 valence electrons. The molecule has 0 aliphatic carbocycles. The van der Waals surface area contributed by atoms with Crippen LogP contribution in [0.5, 0.6) is 0 Å². The molecule has 0 N–H and O–H groups in total. The average Bonchev–Trinajstić information content (AvgIpc) is 3.29. The minimum atomic E-state index is 0.208. The van der Waals surface area contributed by atoms with Gasteiger partial charge in [0.2, 0.25) is 17.7 Å². The van der Waals surface area contributed by atoms with Crippen molar-refractivity contribution in [2.24, 2.45) is 0 Å². The zero-order valence-electron chi connectivity index (χ0n) is 14.3. The van der Waals surface area contributed by atoms with Gasteiger partial charge in [0.25, 0.3) is 0 Å². The fraction of sp³-hybridized carbons (Fsp3) is 0.500. The lowest BCUT2D eigenvalue weighted by Crippen LogP contribution is -2.16.